The van der Waals surface area contributed by atoms with Gasteiger partial charge in [-0.1, -0.05) is 48.5 Å². The number of aromatic nitrogens is 4. The van der Waals surface area contributed by atoms with Gasteiger partial charge < -0.3 is 10.6 Å². The lowest BCUT2D eigenvalue weighted by atomic mass is 10.1. The number of pyridine rings is 4. The van der Waals surface area contributed by atoms with Gasteiger partial charge in [0.1, 0.15) is 0 Å². The molecule has 0 spiro atoms. The topological polar surface area (TPSA) is 110 Å². The number of amides is 2. The summed E-state index contributed by atoms with van der Waals surface area (Å²) >= 11 is 0. The Balaban J connectivity index is 1.18. The highest BCUT2D eigenvalue weighted by Crippen LogP contribution is 2.25. The average Bonchev–Trinajstić information content (AvgIpc) is 3.02. The van der Waals surface area contributed by atoms with E-state index in [-0.39, 0.29) is 24.9 Å². The minimum absolute atomic E-state index is 0.246. The van der Waals surface area contributed by atoms with Crippen molar-refractivity contribution in [1.82, 2.24) is 30.6 Å². The van der Waals surface area contributed by atoms with Crippen LogP contribution in [0.15, 0.2) is 109 Å². The molecule has 2 aromatic carbocycles. The van der Waals surface area contributed by atoms with Crippen molar-refractivity contribution < 1.29 is 9.59 Å². The molecule has 4 heterocycles. The highest BCUT2D eigenvalue weighted by molar-refractivity contribution is 6.08. The SMILES string of the molecule is O=C(NCCNC(=O)c1cc(-c2ccccn2)nc2ccccc12)c1cc(-c2ccccn2)nc2ccccc12. The first-order valence-electron chi connectivity index (χ1n) is 12.9. The monoisotopic (exact) mass is 524 g/mol. The predicted octanol–water partition coefficient (Wildman–Crippen LogP) is 5.07. The van der Waals surface area contributed by atoms with Crippen molar-refractivity contribution in [2.45, 2.75) is 0 Å². The second kappa shape index (κ2) is 11.1. The standard InChI is InChI=1S/C32H24N6O2/c39-31(23-19-29(27-13-5-7-15-33-27)37-25-11-3-1-9-21(23)25)35-17-18-36-32(40)24-20-30(28-14-6-8-16-34-28)38-26-12-4-2-10-22(24)26/h1-16,19-20H,17-18H2,(H,35,39)(H,36,40). The van der Waals surface area contributed by atoms with E-state index in [4.69, 9.17) is 0 Å². The van der Waals surface area contributed by atoms with Crippen molar-refractivity contribution >= 4 is 33.6 Å². The Bertz CT molecular complexity index is 1700. The highest BCUT2D eigenvalue weighted by atomic mass is 16.2. The van der Waals surface area contributed by atoms with Gasteiger partial charge >= 0.3 is 0 Å². The summed E-state index contributed by atoms with van der Waals surface area (Å²) < 4.78 is 0. The van der Waals surface area contributed by atoms with Crippen molar-refractivity contribution in [1.29, 1.82) is 0 Å². The van der Waals surface area contributed by atoms with Gasteiger partial charge in [-0.2, -0.15) is 0 Å². The molecule has 4 aromatic heterocycles. The van der Waals surface area contributed by atoms with Crippen LogP contribution in [0.5, 0.6) is 0 Å². The van der Waals surface area contributed by atoms with Crippen molar-refractivity contribution in [3.63, 3.8) is 0 Å². The summed E-state index contributed by atoms with van der Waals surface area (Å²) in [6.07, 6.45) is 3.39. The lowest BCUT2D eigenvalue weighted by Gasteiger charge is -2.12. The molecule has 0 aliphatic carbocycles. The van der Waals surface area contributed by atoms with Crippen LogP contribution in [0.1, 0.15) is 20.7 Å². The van der Waals surface area contributed by atoms with Gasteiger partial charge in [-0.25, -0.2) is 9.97 Å². The minimum Gasteiger partial charge on any atom is -0.350 e. The molecule has 0 bridgehead atoms. The van der Waals surface area contributed by atoms with Crippen molar-refractivity contribution in [3.8, 4) is 22.8 Å². The van der Waals surface area contributed by atoms with Crippen LogP contribution < -0.4 is 10.6 Å². The van der Waals surface area contributed by atoms with E-state index >= 15 is 0 Å². The Morgan fingerprint density at radius 1 is 0.525 bits per heavy atom. The van der Waals surface area contributed by atoms with Crippen LogP contribution in [0.3, 0.4) is 0 Å². The maximum Gasteiger partial charge on any atom is 0.252 e. The molecule has 0 aliphatic rings. The van der Waals surface area contributed by atoms with Gasteiger partial charge in [0.2, 0.25) is 0 Å². The summed E-state index contributed by atoms with van der Waals surface area (Å²) in [4.78, 5) is 44.6. The molecule has 0 saturated heterocycles. The molecule has 6 rings (SSSR count). The van der Waals surface area contributed by atoms with Crippen LogP contribution in [0, 0.1) is 0 Å². The van der Waals surface area contributed by atoms with Gasteiger partial charge in [-0.05, 0) is 48.5 Å². The molecule has 0 fully saturated rings. The highest BCUT2D eigenvalue weighted by Gasteiger charge is 2.16. The van der Waals surface area contributed by atoms with Crippen molar-refractivity contribution in [2.75, 3.05) is 13.1 Å². The predicted molar refractivity (Wildman–Crippen MR) is 155 cm³/mol. The minimum atomic E-state index is -0.253. The fourth-order valence-corrected chi connectivity index (χ4v) is 4.56. The average molecular weight is 525 g/mol. The number of hydrogen-bond acceptors (Lipinski definition) is 6. The maximum atomic E-state index is 13.2. The third-order valence-corrected chi connectivity index (χ3v) is 6.47. The second-order valence-corrected chi connectivity index (χ2v) is 9.09. The van der Waals surface area contributed by atoms with Crippen molar-refractivity contribution in [2.24, 2.45) is 0 Å². The van der Waals surface area contributed by atoms with Crippen LogP contribution in [0.4, 0.5) is 0 Å². The number of hydrogen-bond donors (Lipinski definition) is 2. The lowest BCUT2D eigenvalue weighted by Crippen LogP contribution is -2.35. The molecule has 0 atom stereocenters. The van der Waals surface area contributed by atoms with E-state index in [0.717, 1.165) is 10.8 Å². The molecule has 0 unspecified atom stereocenters. The third kappa shape index (κ3) is 5.10. The molecule has 8 heteroatoms. The molecule has 8 nitrogen and oxygen atoms in total. The van der Waals surface area contributed by atoms with E-state index in [0.29, 0.717) is 44.9 Å². The number of benzene rings is 2. The molecule has 40 heavy (non-hydrogen) atoms. The Morgan fingerprint density at radius 2 is 0.950 bits per heavy atom. The number of para-hydroxylation sites is 2. The van der Waals surface area contributed by atoms with E-state index in [9.17, 15) is 9.59 Å². The van der Waals surface area contributed by atoms with Gasteiger partial charge in [0.05, 0.1) is 44.9 Å². The molecular formula is C32H24N6O2. The number of nitrogens with zero attached hydrogens (tertiary/aromatic N) is 4. The molecule has 194 valence electrons. The van der Waals surface area contributed by atoms with Gasteiger partial charge in [0.25, 0.3) is 11.8 Å². The molecule has 2 amide bonds. The Morgan fingerprint density at radius 3 is 1.38 bits per heavy atom. The van der Waals surface area contributed by atoms with Gasteiger partial charge in [-0.15, -0.1) is 0 Å². The Hall–Kier alpha value is -5.50. The van der Waals surface area contributed by atoms with E-state index in [1.54, 1.807) is 24.5 Å². The smallest absolute Gasteiger partial charge is 0.252 e. The fourth-order valence-electron chi connectivity index (χ4n) is 4.56. The van der Waals surface area contributed by atoms with Crippen molar-refractivity contribution in [3.05, 3.63) is 121 Å². The zero-order valence-electron chi connectivity index (χ0n) is 21.4. The van der Waals surface area contributed by atoms with E-state index in [1.165, 1.54) is 0 Å². The van der Waals surface area contributed by atoms with Gasteiger partial charge in [-0.3, -0.25) is 19.6 Å². The maximum absolute atomic E-state index is 13.2. The summed E-state index contributed by atoms with van der Waals surface area (Å²) in [5.74, 6) is -0.506. The van der Waals surface area contributed by atoms with Crippen LogP contribution in [-0.4, -0.2) is 44.8 Å². The fraction of sp³-hybridized carbons (Fsp3) is 0.0625. The molecule has 2 N–H and O–H groups in total. The van der Waals surface area contributed by atoms with Crippen LogP contribution in [0.2, 0.25) is 0 Å². The first kappa shape index (κ1) is 24.8. The molecule has 0 saturated carbocycles. The molecule has 6 aromatic rings. The Kier molecular flexibility index (Phi) is 6.88. The first-order valence-corrected chi connectivity index (χ1v) is 12.9. The van der Waals surface area contributed by atoms with E-state index in [2.05, 4.69) is 30.6 Å². The first-order chi connectivity index (χ1) is 19.7. The number of carbonyl (C=O) groups is 2. The molecule has 0 aliphatic heterocycles. The summed E-state index contributed by atoms with van der Waals surface area (Å²) in [5, 5.41) is 7.34. The van der Waals surface area contributed by atoms with Gasteiger partial charge in [0, 0.05) is 36.3 Å². The number of nitrogens with one attached hydrogen (secondary N) is 2. The van der Waals surface area contributed by atoms with E-state index in [1.807, 2.05) is 84.9 Å². The summed E-state index contributed by atoms with van der Waals surface area (Å²) in [7, 11) is 0. The largest absolute Gasteiger partial charge is 0.350 e. The number of fused-ring (bicyclic) bond motifs is 2. The Labute approximate surface area is 230 Å². The summed E-state index contributed by atoms with van der Waals surface area (Å²) in [6, 6.07) is 29.7. The number of rotatable bonds is 7. The van der Waals surface area contributed by atoms with Crippen LogP contribution in [-0.2, 0) is 0 Å². The van der Waals surface area contributed by atoms with Crippen LogP contribution in [0.25, 0.3) is 44.6 Å². The third-order valence-electron chi connectivity index (χ3n) is 6.47. The van der Waals surface area contributed by atoms with Crippen LogP contribution >= 0.6 is 0 Å². The zero-order chi connectivity index (χ0) is 27.3. The normalized spacial score (nSPS) is 10.9. The lowest BCUT2D eigenvalue weighted by molar-refractivity contribution is 0.0929. The molecular weight excluding hydrogens is 500 g/mol. The number of carbonyl (C=O) groups excluding carboxylic acids is 2. The second-order valence-electron chi connectivity index (χ2n) is 9.09. The van der Waals surface area contributed by atoms with Gasteiger partial charge in [0.15, 0.2) is 0 Å². The summed E-state index contributed by atoms with van der Waals surface area (Å²) in [6.45, 7) is 0.493. The van der Waals surface area contributed by atoms with E-state index < -0.39 is 0 Å². The molecule has 0 radical (unpaired) electrons. The summed E-state index contributed by atoms with van der Waals surface area (Å²) in [5.41, 5.74) is 5.01. The quantitative estimate of drug-likeness (QED) is 0.282. The zero-order valence-corrected chi connectivity index (χ0v) is 21.4.